The Balaban J connectivity index is 2.02. The Morgan fingerprint density at radius 3 is 2.65 bits per heavy atom. The van der Waals surface area contributed by atoms with Crippen LogP contribution in [0.2, 0.25) is 0 Å². The minimum absolute atomic E-state index is 0.0189. The van der Waals surface area contributed by atoms with Crippen molar-refractivity contribution in [1.82, 2.24) is 4.90 Å². The van der Waals surface area contributed by atoms with Gasteiger partial charge >= 0.3 is 6.09 Å². The molecule has 1 atom stereocenters. The second-order valence-electron chi connectivity index (χ2n) is 5.84. The topological polar surface area (TPSA) is 49.8 Å². The van der Waals surface area contributed by atoms with Crippen molar-refractivity contribution in [2.45, 2.75) is 57.6 Å². The molecule has 4 heteroatoms. The Kier molecular flexibility index (Phi) is 4.57. The van der Waals surface area contributed by atoms with Crippen molar-refractivity contribution in [3.63, 3.8) is 0 Å². The number of nitrogens with zero attached hydrogens (tertiary/aromatic N) is 1. The van der Waals surface area contributed by atoms with Gasteiger partial charge in [0.15, 0.2) is 0 Å². The Hall–Kier alpha value is -1.65. The van der Waals surface area contributed by atoms with Crippen LogP contribution in [-0.2, 0) is 4.74 Å². The zero-order valence-corrected chi connectivity index (χ0v) is 12.1. The molecule has 4 nitrogen and oxygen atoms in total. The zero-order chi connectivity index (χ0) is 14.6. The van der Waals surface area contributed by atoms with Crippen molar-refractivity contribution in [2.75, 3.05) is 6.61 Å². The third-order valence-corrected chi connectivity index (χ3v) is 3.89. The van der Waals surface area contributed by atoms with Gasteiger partial charge in [0.05, 0.1) is 6.04 Å². The molecule has 1 unspecified atom stereocenters. The van der Waals surface area contributed by atoms with Crippen molar-refractivity contribution in [3.05, 3.63) is 0 Å². The van der Waals surface area contributed by atoms with E-state index in [1.54, 1.807) is 0 Å². The highest BCUT2D eigenvalue weighted by Gasteiger charge is 2.34. The quantitative estimate of drug-likeness (QED) is 0.746. The molecule has 0 aromatic heterocycles. The van der Waals surface area contributed by atoms with Crippen LogP contribution in [0.5, 0.6) is 0 Å². The number of amides is 1. The number of hydrogen-bond acceptors (Lipinski definition) is 3. The van der Waals surface area contributed by atoms with Crippen LogP contribution in [0.3, 0.4) is 0 Å². The molecular weight excluding hydrogens is 254 g/mol. The van der Waals surface area contributed by atoms with Crippen LogP contribution in [0.1, 0.15) is 46.0 Å². The summed E-state index contributed by atoms with van der Waals surface area (Å²) >= 11 is 0. The molecule has 2 rings (SSSR count). The lowest BCUT2D eigenvalue weighted by Gasteiger charge is -2.26. The Bertz CT molecular complexity index is 483. The first-order valence-electron chi connectivity index (χ1n) is 7.23. The first kappa shape index (κ1) is 14.8. The Morgan fingerprint density at radius 1 is 1.30 bits per heavy atom. The molecule has 2 aliphatic rings. The van der Waals surface area contributed by atoms with Crippen LogP contribution in [0.4, 0.5) is 4.79 Å². The van der Waals surface area contributed by atoms with Gasteiger partial charge in [-0.2, -0.15) is 0 Å². The predicted octanol–water partition coefficient (Wildman–Crippen LogP) is 2.12. The van der Waals surface area contributed by atoms with Crippen molar-refractivity contribution in [2.24, 2.45) is 5.92 Å². The summed E-state index contributed by atoms with van der Waals surface area (Å²) in [6.07, 6.45) is 4.18. The van der Waals surface area contributed by atoms with Gasteiger partial charge in [-0.25, -0.2) is 9.69 Å². The molecule has 1 aliphatic heterocycles. The van der Waals surface area contributed by atoms with Gasteiger partial charge in [-0.15, -0.1) is 0 Å². The van der Waals surface area contributed by atoms with E-state index < -0.39 is 11.7 Å². The lowest BCUT2D eigenvalue weighted by atomic mass is 9.85. The molecule has 20 heavy (non-hydrogen) atoms. The maximum absolute atomic E-state index is 11.6. The third kappa shape index (κ3) is 3.46. The van der Waals surface area contributed by atoms with Gasteiger partial charge in [0.2, 0.25) is 0 Å². The number of aliphatic hydroxyl groups is 1. The molecule has 1 heterocycles. The first-order valence-corrected chi connectivity index (χ1v) is 7.23. The number of rotatable bonds is 1. The molecule has 0 aromatic rings. The lowest BCUT2D eigenvalue weighted by Crippen LogP contribution is -2.33. The Morgan fingerprint density at radius 2 is 2.00 bits per heavy atom. The van der Waals surface area contributed by atoms with E-state index in [0.29, 0.717) is 19.4 Å². The van der Waals surface area contributed by atoms with Crippen molar-refractivity contribution >= 4 is 6.09 Å². The highest BCUT2D eigenvalue weighted by molar-refractivity contribution is 5.72. The number of ether oxygens (including phenoxy) is 1. The van der Waals surface area contributed by atoms with E-state index in [1.165, 1.54) is 4.90 Å². The molecule has 0 spiro atoms. The van der Waals surface area contributed by atoms with Gasteiger partial charge < -0.3 is 9.84 Å². The van der Waals surface area contributed by atoms with Gasteiger partial charge in [-0.3, -0.25) is 0 Å². The average Bonchev–Trinajstić information content (AvgIpc) is 2.77. The molecule has 0 bridgehead atoms. The fourth-order valence-corrected chi connectivity index (χ4v) is 2.55. The smallest absolute Gasteiger partial charge is 0.422 e. The van der Waals surface area contributed by atoms with Crippen molar-refractivity contribution < 1.29 is 14.6 Å². The highest BCUT2D eigenvalue weighted by Crippen LogP contribution is 2.27. The normalized spacial score (nSPS) is 24.5. The maximum Gasteiger partial charge on any atom is 0.422 e. The Labute approximate surface area is 120 Å². The molecule has 108 valence electrons. The molecule has 2 fully saturated rings. The van der Waals surface area contributed by atoms with Crippen LogP contribution >= 0.6 is 0 Å². The summed E-state index contributed by atoms with van der Waals surface area (Å²) < 4.78 is 4.99. The van der Waals surface area contributed by atoms with E-state index in [1.807, 2.05) is 13.8 Å². The van der Waals surface area contributed by atoms with Gasteiger partial charge in [0.25, 0.3) is 0 Å². The van der Waals surface area contributed by atoms with Crippen molar-refractivity contribution in [3.8, 4) is 23.8 Å². The monoisotopic (exact) mass is 275 g/mol. The summed E-state index contributed by atoms with van der Waals surface area (Å²) in [5.41, 5.74) is -0.893. The molecule has 1 saturated heterocycles. The molecule has 1 N–H and O–H groups in total. The molecule has 1 amide bonds. The largest absolute Gasteiger partial charge is 0.446 e. The number of cyclic esters (lactones) is 1. The molecule has 0 aromatic carbocycles. The second-order valence-corrected chi connectivity index (χ2v) is 5.84. The van der Waals surface area contributed by atoms with Crippen LogP contribution in [0.15, 0.2) is 0 Å². The van der Waals surface area contributed by atoms with Crippen molar-refractivity contribution in [1.29, 1.82) is 0 Å². The lowest BCUT2D eigenvalue weighted by molar-refractivity contribution is 0.0610. The molecule has 1 saturated carbocycles. The zero-order valence-electron chi connectivity index (χ0n) is 12.1. The van der Waals surface area contributed by atoms with Crippen LogP contribution in [0.25, 0.3) is 0 Å². The minimum atomic E-state index is -0.893. The van der Waals surface area contributed by atoms with E-state index in [0.717, 1.165) is 19.3 Å². The number of hydrogen-bond donors (Lipinski definition) is 1. The third-order valence-electron chi connectivity index (χ3n) is 3.89. The standard InChI is InChI=1S/C16H21NO3/c1-13(2)14-12-20-15(18)17(14)11-7-6-10-16(19)8-4-3-5-9-16/h13-14,19H,3-5,8-9,12H2,1-2H3. The van der Waals surface area contributed by atoms with E-state index in [2.05, 4.69) is 23.8 Å². The van der Waals surface area contributed by atoms with Gasteiger partial charge in [0, 0.05) is 12.0 Å². The fourth-order valence-electron chi connectivity index (χ4n) is 2.55. The van der Waals surface area contributed by atoms with Crippen LogP contribution in [0, 0.1) is 29.7 Å². The van der Waals surface area contributed by atoms with E-state index >= 15 is 0 Å². The predicted molar refractivity (Wildman–Crippen MR) is 75.4 cm³/mol. The second kappa shape index (κ2) is 6.20. The average molecular weight is 275 g/mol. The molecule has 0 radical (unpaired) electrons. The maximum atomic E-state index is 11.6. The minimum Gasteiger partial charge on any atom is -0.446 e. The summed E-state index contributed by atoms with van der Waals surface area (Å²) in [4.78, 5) is 13.0. The summed E-state index contributed by atoms with van der Waals surface area (Å²) in [7, 11) is 0. The van der Waals surface area contributed by atoms with E-state index in [-0.39, 0.29) is 12.0 Å². The summed E-state index contributed by atoms with van der Waals surface area (Å²) in [5, 5.41) is 10.2. The van der Waals surface area contributed by atoms with Gasteiger partial charge in [-0.05, 0) is 37.5 Å². The van der Waals surface area contributed by atoms with Gasteiger partial charge in [-0.1, -0.05) is 26.2 Å². The first-order chi connectivity index (χ1) is 9.52. The molecule has 1 aliphatic carbocycles. The van der Waals surface area contributed by atoms with E-state index in [9.17, 15) is 9.90 Å². The van der Waals surface area contributed by atoms with E-state index in [4.69, 9.17) is 4.74 Å². The fraction of sp³-hybridized carbons (Fsp3) is 0.688. The SMILES string of the molecule is CC(C)C1COC(=O)N1C#CC#CC1(O)CCCCC1. The van der Waals surface area contributed by atoms with Crippen LogP contribution in [-0.4, -0.2) is 34.3 Å². The van der Waals surface area contributed by atoms with Crippen LogP contribution < -0.4 is 0 Å². The van der Waals surface area contributed by atoms with Gasteiger partial charge in [0.1, 0.15) is 12.2 Å². The summed E-state index contributed by atoms with van der Waals surface area (Å²) in [6.45, 7) is 4.43. The summed E-state index contributed by atoms with van der Waals surface area (Å²) in [5.74, 6) is 8.48. The number of carbonyl (C=O) groups excluding carboxylic acids is 1. The number of carbonyl (C=O) groups is 1. The summed E-state index contributed by atoms with van der Waals surface area (Å²) in [6, 6.07) is 2.72. The molecular formula is C16H21NO3. The highest BCUT2D eigenvalue weighted by atomic mass is 16.6.